The highest BCUT2D eigenvalue weighted by Crippen LogP contribution is 2.29. The molecule has 0 aliphatic heterocycles. The first-order valence-corrected chi connectivity index (χ1v) is 9.30. The van der Waals surface area contributed by atoms with Crippen LogP contribution in [0.3, 0.4) is 0 Å². The third kappa shape index (κ3) is 3.49. The van der Waals surface area contributed by atoms with Gasteiger partial charge in [-0.15, -0.1) is 11.3 Å². The van der Waals surface area contributed by atoms with Gasteiger partial charge in [-0.2, -0.15) is 0 Å². The Balaban J connectivity index is 1.69. The van der Waals surface area contributed by atoms with Crippen LogP contribution in [-0.2, 0) is 9.59 Å². The molecular weight excluding hydrogens is 380 g/mol. The van der Waals surface area contributed by atoms with Gasteiger partial charge >= 0.3 is 5.63 Å². The lowest BCUT2D eigenvalue weighted by atomic mass is 10.0. The number of carboxylic acids is 1. The second-order valence-electron chi connectivity index (χ2n) is 6.10. The average Bonchev–Trinajstić information content (AvgIpc) is 3.13. The SMILES string of the molecule is O=C([O-])CCC(=O)Nc1nc(-c2cc3c(ccc4ccccc43)oc2=O)cs1. The molecule has 1 amide bonds. The zero-order valence-electron chi connectivity index (χ0n) is 14.4. The predicted molar refractivity (Wildman–Crippen MR) is 104 cm³/mol. The van der Waals surface area contributed by atoms with E-state index in [-0.39, 0.29) is 23.5 Å². The number of anilines is 1. The molecule has 2 aromatic carbocycles. The van der Waals surface area contributed by atoms with Crippen LogP contribution in [0.4, 0.5) is 5.13 Å². The minimum Gasteiger partial charge on any atom is -0.550 e. The van der Waals surface area contributed by atoms with E-state index in [1.165, 1.54) is 0 Å². The van der Waals surface area contributed by atoms with Crippen molar-refractivity contribution in [3.8, 4) is 11.3 Å². The van der Waals surface area contributed by atoms with Crippen LogP contribution < -0.4 is 16.0 Å². The largest absolute Gasteiger partial charge is 0.550 e. The molecule has 1 N–H and O–H groups in total. The molecule has 0 saturated carbocycles. The maximum Gasteiger partial charge on any atom is 0.345 e. The third-order valence-electron chi connectivity index (χ3n) is 4.22. The van der Waals surface area contributed by atoms with E-state index in [1.54, 1.807) is 17.5 Å². The van der Waals surface area contributed by atoms with Gasteiger partial charge in [-0.05, 0) is 29.3 Å². The quantitative estimate of drug-likeness (QED) is 0.412. The van der Waals surface area contributed by atoms with Crippen molar-refractivity contribution in [2.75, 3.05) is 5.32 Å². The number of carbonyl (C=O) groups excluding carboxylic acids is 2. The van der Waals surface area contributed by atoms with Gasteiger partial charge in [0.15, 0.2) is 5.13 Å². The number of nitrogens with zero attached hydrogens (tertiary/aromatic N) is 1. The van der Waals surface area contributed by atoms with E-state index in [9.17, 15) is 19.5 Å². The summed E-state index contributed by atoms with van der Waals surface area (Å²) in [5.74, 6) is -1.78. The molecule has 0 radical (unpaired) electrons. The number of thiazole rings is 1. The molecule has 0 saturated heterocycles. The first kappa shape index (κ1) is 17.9. The second kappa shape index (κ2) is 7.24. The molecule has 0 aliphatic carbocycles. The van der Waals surface area contributed by atoms with Crippen LogP contribution >= 0.6 is 11.3 Å². The van der Waals surface area contributed by atoms with Crippen molar-refractivity contribution in [1.82, 2.24) is 4.98 Å². The highest BCUT2D eigenvalue weighted by atomic mass is 32.1. The zero-order chi connectivity index (χ0) is 19.7. The Kier molecular flexibility index (Phi) is 4.62. The standard InChI is InChI=1S/C20H14N2O5S/c23-17(7-8-18(24)25)22-20-21-15(10-28-20)14-9-13-12-4-2-1-3-11(12)5-6-16(13)27-19(14)26/h1-6,9-10H,7-8H2,(H,24,25)(H,21,22,23)/p-1. The molecule has 0 bridgehead atoms. The van der Waals surface area contributed by atoms with Gasteiger partial charge < -0.3 is 19.6 Å². The summed E-state index contributed by atoms with van der Waals surface area (Å²) in [6, 6.07) is 13.2. The number of hydrogen-bond donors (Lipinski definition) is 1. The number of hydrogen-bond acceptors (Lipinski definition) is 7. The fourth-order valence-corrected chi connectivity index (χ4v) is 3.63. The Hall–Kier alpha value is -3.52. The molecule has 7 nitrogen and oxygen atoms in total. The van der Waals surface area contributed by atoms with Gasteiger partial charge in [-0.1, -0.05) is 30.3 Å². The van der Waals surface area contributed by atoms with E-state index >= 15 is 0 Å². The summed E-state index contributed by atoms with van der Waals surface area (Å²) >= 11 is 1.14. The number of carbonyl (C=O) groups is 2. The van der Waals surface area contributed by atoms with Crippen molar-refractivity contribution in [2.45, 2.75) is 12.8 Å². The van der Waals surface area contributed by atoms with Crippen LogP contribution in [0.5, 0.6) is 0 Å². The van der Waals surface area contributed by atoms with Gasteiger partial charge in [0.1, 0.15) is 5.58 Å². The number of carboxylic acid groups (broad SMARTS) is 1. The maximum atomic E-state index is 12.4. The second-order valence-corrected chi connectivity index (χ2v) is 6.96. The van der Waals surface area contributed by atoms with E-state index in [0.717, 1.165) is 27.5 Å². The van der Waals surface area contributed by atoms with Gasteiger partial charge in [0.2, 0.25) is 5.91 Å². The number of amides is 1. The van der Waals surface area contributed by atoms with E-state index in [1.807, 2.05) is 30.3 Å². The normalized spacial score (nSPS) is 11.0. The summed E-state index contributed by atoms with van der Waals surface area (Å²) in [5.41, 5.74) is 0.625. The van der Waals surface area contributed by atoms with E-state index < -0.39 is 17.5 Å². The predicted octanol–water partition coefficient (Wildman–Crippen LogP) is 2.54. The molecule has 0 aliphatic rings. The molecule has 4 rings (SSSR count). The number of aromatic nitrogens is 1. The fraction of sp³-hybridized carbons (Fsp3) is 0.100. The highest BCUT2D eigenvalue weighted by Gasteiger charge is 2.14. The molecule has 2 aromatic heterocycles. The molecule has 4 aromatic rings. The van der Waals surface area contributed by atoms with Gasteiger partial charge in [-0.3, -0.25) is 4.79 Å². The van der Waals surface area contributed by atoms with Gasteiger partial charge in [-0.25, -0.2) is 9.78 Å². The van der Waals surface area contributed by atoms with Crippen molar-refractivity contribution in [2.24, 2.45) is 0 Å². The smallest absolute Gasteiger partial charge is 0.345 e. The number of rotatable bonds is 5. The Morgan fingerprint density at radius 3 is 2.75 bits per heavy atom. The van der Waals surface area contributed by atoms with Gasteiger partial charge in [0.25, 0.3) is 0 Å². The van der Waals surface area contributed by atoms with Crippen molar-refractivity contribution in [1.29, 1.82) is 0 Å². The minimum atomic E-state index is -1.30. The van der Waals surface area contributed by atoms with E-state index in [0.29, 0.717) is 11.3 Å². The average molecular weight is 393 g/mol. The lowest BCUT2D eigenvalue weighted by Crippen LogP contribution is -2.24. The van der Waals surface area contributed by atoms with Crippen LogP contribution in [0.15, 0.2) is 57.1 Å². The molecule has 0 fully saturated rings. The van der Waals surface area contributed by atoms with E-state index in [2.05, 4.69) is 10.3 Å². The monoisotopic (exact) mass is 393 g/mol. The summed E-state index contributed by atoms with van der Waals surface area (Å²) in [6.07, 6.45) is -0.577. The lowest BCUT2D eigenvalue weighted by molar-refractivity contribution is -0.305. The topological polar surface area (TPSA) is 112 Å². The van der Waals surface area contributed by atoms with Crippen molar-refractivity contribution in [3.05, 3.63) is 58.3 Å². The molecule has 28 heavy (non-hydrogen) atoms. The summed E-state index contributed by atoms with van der Waals surface area (Å²) < 4.78 is 5.46. The van der Waals surface area contributed by atoms with Crippen molar-refractivity contribution in [3.63, 3.8) is 0 Å². The first-order chi connectivity index (χ1) is 13.5. The zero-order valence-corrected chi connectivity index (χ0v) is 15.2. The Labute approximate surface area is 162 Å². The van der Waals surface area contributed by atoms with E-state index in [4.69, 9.17) is 4.42 Å². The molecule has 0 atom stereocenters. The Morgan fingerprint density at radius 1 is 1.11 bits per heavy atom. The number of benzene rings is 2. The summed E-state index contributed by atoms with van der Waals surface area (Å²) in [4.78, 5) is 38.8. The number of nitrogens with one attached hydrogen (secondary N) is 1. The van der Waals surface area contributed by atoms with Crippen LogP contribution in [-0.4, -0.2) is 16.9 Å². The first-order valence-electron chi connectivity index (χ1n) is 8.42. The lowest BCUT2D eigenvalue weighted by Gasteiger charge is -2.04. The molecule has 140 valence electrons. The Bertz CT molecular complexity index is 1270. The number of aliphatic carboxylic acids is 1. The number of fused-ring (bicyclic) bond motifs is 3. The maximum absolute atomic E-state index is 12.4. The van der Waals surface area contributed by atoms with Crippen molar-refractivity contribution < 1.29 is 19.1 Å². The van der Waals surface area contributed by atoms with Crippen molar-refractivity contribution >= 4 is 50.1 Å². The molecule has 0 unspecified atom stereocenters. The molecule has 8 heteroatoms. The fourth-order valence-electron chi connectivity index (χ4n) is 2.90. The third-order valence-corrected chi connectivity index (χ3v) is 4.98. The highest BCUT2D eigenvalue weighted by molar-refractivity contribution is 7.14. The van der Waals surface area contributed by atoms with Crippen LogP contribution in [0.1, 0.15) is 12.8 Å². The van der Waals surface area contributed by atoms with Crippen LogP contribution in [0.25, 0.3) is 33.0 Å². The Morgan fingerprint density at radius 2 is 1.93 bits per heavy atom. The van der Waals surface area contributed by atoms with Crippen LogP contribution in [0, 0.1) is 0 Å². The van der Waals surface area contributed by atoms with Crippen LogP contribution in [0.2, 0.25) is 0 Å². The van der Waals surface area contributed by atoms with Gasteiger partial charge in [0, 0.05) is 23.2 Å². The summed E-state index contributed by atoms with van der Waals surface area (Å²) in [6.45, 7) is 0. The molecule has 2 heterocycles. The molecule has 0 spiro atoms. The van der Waals surface area contributed by atoms with Gasteiger partial charge in [0.05, 0.1) is 11.3 Å². The minimum absolute atomic E-state index is 0.207. The molecular formula is C20H13N2O5S-. The summed E-state index contributed by atoms with van der Waals surface area (Å²) in [7, 11) is 0. The summed E-state index contributed by atoms with van der Waals surface area (Å²) in [5, 5.41) is 17.6.